The van der Waals surface area contributed by atoms with Crippen LogP contribution in [0.3, 0.4) is 0 Å². The minimum atomic E-state index is -4.50. The van der Waals surface area contributed by atoms with Crippen molar-refractivity contribution in [1.29, 1.82) is 0 Å². The first-order chi connectivity index (χ1) is 8.70. The lowest BCUT2D eigenvalue weighted by Gasteiger charge is -2.09. The summed E-state index contributed by atoms with van der Waals surface area (Å²) in [4.78, 5) is 21.0. The summed E-state index contributed by atoms with van der Waals surface area (Å²) in [6, 6.07) is 3.27. The molecule has 0 fully saturated rings. The highest BCUT2D eigenvalue weighted by Gasteiger charge is 2.28. The van der Waals surface area contributed by atoms with Crippen molar-refractivity contribution in [1.82, 2.24) is 0 Å². The van der Waals surface area contributed by atoms with Crippen molar-refractivity contribution in [2.75, 3.05) is 5.32 Å². The zero-order chi connectivity index (χ0) is 14.6. The van der Waals surface area contributed by atoms with E-state index in [4.69, 9.17) is 0 Å². The third kappa shape index (κ3) is 4.45. The maximum absolute atomic E-state index is 11.9. The number of nitro benzene ring substituents is 1. The lowest BCUT2D eigenvalue weighted by molar-refractivity contribution is -0.384. The van der Waals surface area contributed by atoms with Crippen molar-refractivity contribution in [3.8, 4) is 5.75 Å². The summed E-state index contributed by atoms with van der Waals surface area (Å²) in [5, 5.41) is 21.9. The van der Waals surface area contributed by atoms with E-state index in [2.05, 4.69) is 0 Å². The van der Waals surface area contributed by atoms with Gasteiger partial charge < -0.3 is 10.4 Å². The van der Waals surface area contributed by atoms with Crippen molar-refractivity contribution in [2.45, 2.75) is 19.0 Å². The molecule has 1 amide bonds. The highest BCUT2D eigenvalue weighted by molar-refractivity contribution is 5.94. The van der Waals surface area contributed by atoms with E-state index in [-0.39, 0.29) is 0 Å². The Morgan fingerprint density at radius 2 is 2.05 bits per heavy atom. The molecule has 1 aromatic rings. The number of phenolic OH excluding ortho intramolecular Hbond substituents is 1. The number of nitrogens with one attached hydrogen (secondary N) is 1. The summed E-state index contributed by atoms with van der Waals surface area (Å²) in [5.41, 5.74) is -1.11. The maximum Gasteiger partial charge on any atom is 0.389 e. The number of hydrogen-bond donors (Lipinski definition) is 2. The number of benzene rings is 1. The van der Waals surface area contributed by atoms with Gasteiger partial charge in [-0.15, -0.1) is 0 Å². The van der Waals surface area contributed by atoms with E-state index in [9.17, 15) is 33.2 Å². The number of carbonyl (C=O) groups is 1. The summed E-state index contributed by atoms with van der Waals surface area (Å²) in [6.07, 6.45) is -6.72. The molecule has 104 valence electrons. The molecule has 0 atom stereocenters. The number of amides is 1. The van der Waals surface area contributed by atoms with Crippen LogP contribution in [0.1, 0.15) is 12.8 Å². The van der Waals surface area contributed by atoms with Gasteiger partial charge in [0, 0.05) is 12.5 Å². The third-order valence-corrected chi connectivity index (χ3v) is 2.12. The fourth-order valence-electron chi connectivity index (χ4n) is 1.27. The second-order valence-electron chi connectivity index (χ2n) is 3.59. The molecule has 0 bridgehead atoms. The minimum absolute atomic E-state index is 0.514. The first-order valence-corrected chi connectivity index (χ1v) is 5.03. The lowest BCUT2D eigenvalue weighted by Crippen LogP contribution is -2.17. The second-order valence-corrected chi connectivity index (χ2v) is 3.59. The number of anilines is 1. The molecule has 0 aliphatic carbocycles. The van der Waals surface area contributed by atoms with Crippen LogP contribution < -0.4 is 5.32 Å². The molecule has 0 saturated carbocycles. The van der Waals surface area contributed by atoms with Crippen molar-refractivity contribution in [2.24, 2.45) is 0 Å². The number of nitrogens with zero attached hydrogens (tertiary/aromatic N) is 1. The van der Waals surface area contributed by atoms with E-state index >= 15 is 0 Å². The maximum atomic E-state index is 11.9. The molecule has 1 aromatic carbocycles. The number of hydrogen-bond acceptors (Lipinski definition) is 4. The average molecular weight is 278 g/mol. The van der Waals surface area contributed by atoms with Gasteiger partial charge in [-0.25, -0.2) is 0 Å². The molecule has 0 unspecified atom stereocenters. The molecule has 0 aromatic heterocycles. The molecular weight excluding hydrogens is 269 g/mol. The lowest BCUT2D eigenvalue weighted by atomic mass is 10.2. The van der Waals surface area contributed by atoms with Gasteiger partial charge in [0.25, 0.3) is 5.69 Å². The fraction of sp³-hybridized carbons (Fsp3) is 0.300. The Balaban J connectivity index is 2.82. The molecule has 6 nitrogen and oxygen atoms in total. The number of carbonyl (C=O) groups excluding carboxylic acids is 1. The average Bonchev–Trinajstić information content (AvgIpc) is 2.28. The van der Waals surface area contributed by atoms with Gasteiger partial charge in [-0.2, -0.15) is 13.2 Å². The van der Waals surface area contributed by atoms with Crippen molar-refractivity contribution < 1.29 is 28.0 Å². The van der Waals surface area contributed by atoms with Crippen LogP contribution in [0.2, 0.25) is 0 Å². The highest BCUT2D eigenvalue weighted by Crippen LogP contribution is 2.33. The van der Waals surface area contributed by atoms with E-state index in [1.165, 1.54) is 6.07 Å². The van der Waals surface area contributed by atoms with E-state index in [1.54, 1.807) is 0 Å². The number of nitro groups is 1. The Bertz CT molecular complexity index is 502. The normalized spacial score (nSPS) is 11.1. The molecule has 0 heterocycles. The van der Waals surface area contributed by atoms with Crippen LogP contribution in [0.5, 0.6) is 5.75 Å². The Morgan fingerprint density at radius 3 is 2.58 bits per heavy atom. The standard InChI is InChI=1S/C10H9F3N2O4/c11-10(12,13)5-4-8(17)14-9-6(15(18)19)2-1-3-7(9)16/h1-3,16H,4-5H2,(H,14,17). The van der Waals surface area contributed by atoms with E-state index in [1.807, 2.05) is 5.32 Å². The third-order valence-electron chi connectivity index (χ3n) is 2.12. The fourth-order valence-corrected chi connectivity index (χ4v) is 1.27. The number of halogens is 3. The predicted octanol–water partition coefficient (Wildman–Crippen LogP) is 2.58. The minimum Gasteiger partial charge on any atom is -0.505 e. The van der Waals surface area contributed by atoms with Crippen LogP contribution in [0, 0.1) is 10.1 Å². The SMILES string of the molecule is O=C(CCC(F)(F)F)Nc1c(O)cccc1[N+](=O)[O-]. The molecule has 9 heteroatoms. The Labute approximate surface area is 105 Å². The Kier molecular flexibility index (Phi) is 4.30. The van der Waals surface area contributed by atoms with Crippen LogP contribution in [0.15, 0.2) is 18.2 Å². The molecule has 0 radical (unpaired) electrons. The number of phenols is 1. The smallest absolute Gasteiger partial charge is 0.389 e. The topological polar surface area (TPSA) is 92.5 Å². The first-order valence-electron chi connectivity index (χ1n) is 5.03. The molecule has 2 N–H and O–H groups in total. The molecule has 0 aliphatic heterocycles. The summed E-state index contributed by atoms with van der Waals surface area (Å²) in [6.45, 7) is 0. The van der Waals surface area contributed by atoms with Crippen LogP contribution in [-0.4, -0.2) is 22.1 Å². The molecule has 0 spiro atoms. The van der Waals surface area contributed by atoms with Crippen LogP contribution in [0.4, 0.5) is 24.5 Å². The second kappa shape index (κ2) is 5.55. The Hall–Kier alpha value is -2.32. The summed E-state index contributed by atoms with van der Waals surface area (Å²) >= 11 is 0. The summed E-state index contributed by atoms with van der Waals surface area (Å²) in [5.74, 6) is -1.66. The first kappa shape index (κ1) is 14.7. The number of alkyl halides is 3. The number of aromatic hydroxyl groups is 1. The highest BCUT2D eigenvalue weighted by atomic mass is 19.4. The van der Waals surface area contributed by atoms with E-state index < -0.39 is 47.0 Å². The number of para-hydroxylation sites is 1. The Morgan fingerprint density at radius 1 is 1.42 bits per heavy atom. The quantitative estimate of drug-likeness (QED) is 0.503. The molecule has 0 saturated heterocycles. The number of rotatable bonds is 4. The molecule has 19 heavy (non-hydrogen) atoms. The van der Waals surface area contributed by atoms with Gasteiger partial charge in [0.15, 0.2) is 5.69 Å². The van der Waals surface area contributed by atoms with Crippen LogP contribution in [0.25, 0.3) is 0 Å². The molecular formula is C10H9F3N2O4. The monoisotopic (exact) mass is 278 g/mol. The van der Waals surface area contributed by atoms with E-state index in [0.717, 1.165) is 12.1 Å². The summed E-state index contributed by atoms with van der Waals surface area (Å²) in [7, 11) is 0. The van der Waals surface area contributed by atoms with Crippen molar-refractivity contribution in [3.05, 3.63) is 28.3 Å². The molecule has 1 rings (SSSR count). The van der Waals surface area contributed by atoms with Gasteiger partial charge in [0.05, 0.1) is 11.3 Å². The van der Waals surface area contributed by atoms with Crippen LogP contribution >= 0.6 is 0 Å². The predicted molar refractivity (Wildman–Crippen MR) is 58.7 cm³/mol. The van der Waals surface area contributed by atoms with E-state index in [0.29, 0.717) is 0 Å². The van der Waals surface area contributed by atoms with Gasteiger partial charge in [-0.05, 0) is 6.07 Å². The van der Waals surface area contributed by atoms with Gasteiger partial charge in [-0.1, -0.05) is 6.07 Å². The van der Waals surface area contributed by atoms with Gasteiger partial charge in [0.1, 0.15) is 5.75 Å². The largest absolute Gasteiger partial charge is 0.505 e. The summed E-state index contributed by atoms with van der Waals surface area (Å²) < 4.78 is 35.7. The van der Waals surface area contributed by atoms with Crippen LogP contribution in [-0.2, 0) is 4.79 Å². The zero-order valence-corrected chi connectivity index (χ0v) is 9.40. The van der Waals surface area contributed by atoms with Gasteiger partial charge in [0.2, 0.25) is 5.91 Å². The van der Waals surface area contributed by atoms with Crippen molar-refractivity contribution >= 4 is 17.3 Å². The zero-order valence-electron chi connectivity index (χ0n) is 9.40. The van der Waals surface area contributed by atoms with Crippen molar-refractivity contribution in [3.63, 3.8) is 0 Å². The molecule has 0 aliphatic rings. The van der Waals surface area contributed by atoms with Gasteiger partial charge >= 0.3 is 6.18 Å². The van der Waals surface area contributed by atoms with Gasteiger partial charge in [-0.3, -0.25) is 14.9 Å².